The first kappa shape index (κ1) is 23.0. The third-order valence-corrected chi connectivity index (χ3v) is 4.29. The molecule has 0 bridgehead atoms. The molecular weight excluding hydrogens is 382 g/mol. The Kier molecular flexibility index (Phi) is 9.44. The molecule has 0 atom stereocenters. The number of pyridine rings is 1. The number of aryl methyl sites for hydroxylation is 1. The minimum absolute atomic E-state index is 0.115. The highest BCUT2D eigenvalue weighted by atomic mass is 16.5. The van der Waals surface area contributed by atoms with Crippen LogP contribution >= 0.6 is 0 Å². The fourth-order valence-electron chi connectivity index (χ4n) is 2.72. The Bertz CT molecular complexity index is 837. The molecule has 0 aliphatic rings. The van der Waals surface area contributed by atoms with Crippen LogP contribution in [0.25, 0.3) is 0 Å². The summed E-state index contributed by atoms with van der Waals surface area (Å²) >= 11 is 0. The second-order valence-corrected chi connectivity index (χ2v) is 6.65. The van der Waals surface area contributed by atoms with E-state index < -0.39 is 0 Å². The summed E-state index contributed by atoms with van der Waals surface area (Å²) in [5.41, 5.74) is 2.17. The van der Waals surface area contributed by atoms with Gasteiger partial charge in [-0.25, -0.2) is 4.98 Å². The highest BCUT2D eigenvalue weighted by Gasteiger charge is 2.06. The van der Waals surface area contributed by atoms with Crippen molar-refractivity contribution in [2.45, 2.75) is 26.7 Å². The Hall–Kier alpha value is -3.29. The van der Waals surface area contributed by atoms with E-state index in [9.17, 15) is 4.79 Å². The van der Waals surface area contributed by atoms with Gasteiger partial charge in [-0.15, -0.1) is 0 Å². The van der Waals surface area contributed by atoms with Crippen molar-refractivity contribution >= 4 is 17.7 Å². The molecule has 1 amide bonds. The van der Waals surface area contributed by atoms with E-state index in [-0.39, 0.29) is 12.3 Å². The third kappa shape index (κ3) is 7.62. The van der Waals surface area contributed by atoms with Crippen molar-refractivity contribution < 1.29 is 14.3 Å². The Morgan fingerprint density at radius 3 is 2.57 bits per heavy atom. The van der Waals surface area contributed by atoms with Crippen LogP contribution in [0.5, 0.6) is 11.5 Å². The molecule has 1 heterocycles. The molecule has 0 saturated carbocycles. The van der Waals surface area contributed by atoms with Gasteiger partial charge in [0.05, 0.1) is 20.8 Å². The van der Waals surface area contributed by atoms with Gasteiger partial charge in [0.2, 0.25) is 5.91 Å². The zero-order chi connectivity index (χ0) is 21.8. The van der Waals surface area contributed by atoms with Crippen molar-refractivity contribution in [1.82, 2.24) is 15.6 Å². The summed E-state index contributed by atoms with van der Waals surface area (Å²) in [7, 11) is 3.25. The minimum Gasteiger partial charge on any atom is -0.493 e. The van der Waals surface area contributed by atoms with Crippen molar-refractivity contribution in [2.75, 3.05) is 39.2 Å². The maximum Gasteiger partial charge on any atom is 0.227 e. The average molecular weight is 414 g/mol. The summed E-state index contributed by atoms with van der Waals surface area (Å²) in [5, 5.41) is 9.25. The molecule has 162 valence electrons. The minimum atomic E-state index is -0.115. The molecule has 0 aliphatic heterocycles. The molecule has 8 heteroatoms. The van der Waals surface area contributed by atoms with E-state index in [0.717, 1.165) is 24.1 Å². The summed E-state index contributed by atoms with van der Waals surface area (Å²) in [5.74, 6) is 2.54. The van der Waals surface area contributed by atoms with Crippen molar-refractivity contribution in [3.63, 3.8) is 0 Å². The molecule has 0 fully saturated rings. The number of hydrogen-bond donors (Lipinski definition) is 3. The second kappa shape index (κ2) is 12.3. The monoisotopic (exact) mass is 413 g/mol. The zero-order valence-corrected chi connectivity index (χ0v) is 18.1. The number of guanidine groups is 1. The number of carbonyl (C=O) groups excluding carboxylic acids is 1. The largest absolute Gasteiger partial charge is 0.493 e. The summed E-state index contributed by atoms with van der Waals surface area (Å²) in [4.78, 5) is 20.7. The Labute approximate surface area is 178 Å². The number of hydrogen-bond acceptors (Lipinski definition) is 5. The number of benzene rings is 1. The summed E-state index contributed by atoms with van der Waals surface area (Å²) in [6.45, 7) is 5.76. The Balaban J connectivity index is 1.81. The number of ether oxygens (including phenoxy) is 2. The van der Waals surface area contributed by atoms with Gasteiger partial charge in [0.15, 0.2) is 17.5 Å². The first-order valence-electron chi connectivity index (χ1n) is 10.0. The maximum absolute atomic E-state index is 12.1. The number of amides is 1. The fraction of sp³-hybridized carbons (Fsp3) is 0.409. The number of aromatic nitrogens is 1. The van der Waals surface area contributed by atoms with Crippen LogP contribution in [-0.4, -0.2) is 50.7 Å². The highest BCUT2D eigenvalue weighted by Crippen LogP contribution is 2.27. The highest BCUT2D eigenvalue weighted by molar-refractivity contribution is 5.90. The van der Waals surface area contributed by atoms with Gasteiger partial charge in [-0.05, 0) is 49.6 Å². The number of rotatable bonds is 10. The fourth-order valence-corrected chi connectivity index (χ4v) is 2.72. The Morgan fingerprint density at radius 1 is 1.10 bits per heavy atom. The lowest BCUT2D eigenvalue weighted by molar-refractivity contribution is -0.116. The van der Waals surface area contributed by atoms with Crippen LogP contribution in [0.3, 0.4) is 0 Å². The van der Waals surface area contributed by atoms with Gasteiger partial charge in [-0.3, -0.25) is 9.79 Å². The second-order valence-electron chi connectivity index (χ2n) is 6.65. The first-order chi connectivity index (χ1) is 14.5. The summed E-state index contributed by atoms with van der Waals surface area (Å²) < 4.78 is 10.6. The van der Waals surface area contributed by atoms with Gasteiger partial charge in [-0.2, -0.15) is 0 Å². The van der Waals surface area contributed by atoms with Gasteiger partial charge >= 0.3 is 0 Å². The molecule has 1 aromatic heterocycles. The van der Waals surface area contributed by atoms with Gasteiger partial charge < -0.3 is 25.4 Å². The van der Waals surface area contributed by atoms with Crippen LogP contribution in [0.15, 0.2) is 41.5 Å². The molecule has 8 nitrogen and oxygen atoms in total. The van der Waals surface area contributed by atoms with Crippen LogP contribution in [-0.2, 0) is 11.2 Å². The third-order valence-electron chi connectivity index (χ3n) is 4.29. The number of aliphatic imine (C=N–C) groups is 1. The summed E-state index contributed by atoms with van der Waals surface area (Å²) in [6.07, 6.45) is 2.80. The van der Waals surface area contributed by atoms with Gasteiger partial charge in [0, 0.05) is 25.7 Å². The van der Waals surface area contributed by atoms with Crippen molar-refractivity contribution in [3.05, 3.63) is 47.7 Å². The molecule has 0 spiro atoms. The topological polar surface area (TPSA) is 96.9 Å². The Morgan fingerprint density at radius 2 is 1.90 bits per heavy atom. The number of anilines is 1. The molecule has 0 saturated heterocycles. The predicted molar refractivity (Wildman–Crippen MR) is 119 cm³/mol. The van der Waals surface area contributed by atoms with E-state index in [1.807, 2.05) is 38.1 Å². The number of methoxy groups -OCH3 is 2. The van der Waals surface area contributed by atoms with Crippen LogP contribution < -0.4 is 25.4 Å². The van der Waals surface area contributed by atoms with E-state index in [1.54, 1.807) is 26.5 Å². The van der Waals surface area contributed by atoms with Crippen LogP contribution in [0.4, 0.5) is 5.82 Å². The molecule has 30 heavy (non-hydrogen) atoms. The van der Waals surface area contributed by atoms with Crippen LogP contribution in [0.2, 0.25) is 0 Å². The normalized spacial score (nSPS) is 11.0. The summed E-state index contributed by atoms with van der Waals surface area (Å²) in [6, 6.07) is 9.57. The van der Waals surface area contributed by atoms with Crippen molar-refractivity contribution in [3.8, 4) is 11.5 Å². The molecule has 0 unspecified atom stereocenters. The van der Waals surface area contributed by atoms with Gasteiger partial charge in [0.1, 0.15) is 5.82 Å². The standard InChI is InChI=1S/C22H31N5O3/c1-5-23-22(24-12-10-17-7-8-18(29-3)19(14-17)30-4)25-13-11-21(28)27-20-9-6-16(2)15-26-20/h6-9,14-15H,5,10-13H2,1-4H3,(H2,23,24,25)(H,26,27,28). The van der Waals surface area contributed by atoms with Gasteiger partial charge in [0.25, 0.3) is 0 Å². The lowest BCUT2D eigenvalue weighted by Gasteiger charge is -2.12. The van der Waals surface area contributed by atoms with E-state index in [2.05, 4.69) is 25.9 Å². The quantitative estimate of drug-likeness (QED) is 0.409. The first-order valence-corrected chi connectivity index (χ1v) is 10.0. The predicted octanol–water partition coefficient (Wildman–Crippen LogP) is 2.53. The number of nitrogens with zero attached hydrogens (tertiary/aromatic N) is 2. The van der Waals surface area contributed by atoms with Crippen LogP contribution in [0.1, 0.15) is 24.5 Å². The smallest absolute Gasteiger partial charge is 0.227 e. The molecule has 3 N–H and O–H groups in total. The van der Waals surface area contributed by atoms with Gasteiger partial charge in [-0.1, -0.05) is 12.1 Å². The van der Waals surface area contributed by atoms with Crippen LogP contribution in [0, 0.1) is 6.92 Å². The average Bonchev–Trinajstić information content (AvgIpc) is 2.75. The number of nitrogens with one attached hydrogen (secondary N) is 3. The van der Waals surface area contributed by atoms with E-state index >= 15 is 0 Å². The molecule has 2 rings (SSSR count). The van der Waals surface area contributed by atoms with E-state index in [0.29, 0.717) is 36.4 Å². The SMILES string of the molecule is CCNC(=NCCC(=O)Nc1ccc(C)cn1)NCCc1ccc(OC)c(OC)c1. The number of carbonyl (C=O) groups is 1. The molecule has 2 aromatic rings. The lowest BCUT2D eigenvalue weighted by Crippen LogP contribution is -2.38. The maximum atomic E-state index is 12.1. The van der Waals surface area contributed by atoms with Crippen molar-refractivity contribution in [1.29, 1.82) is 0 Å². The van der Waals surface area contributed by atoms with E-state index in [1.165, 1.54) is 0 Å². The lowest BCUT2D eigenvalue weighted by atomic mass is 10.1. The van der Waals surface area contributed by atoms with E-state index in [4.69, 9.17) is 9.47 Å². The molecular formula is C22H31N5O3. The molecule has 1 aromatic carbocycles. The van der Waals surface area contributed by atoms with Crippen molar-refractivity contribution in [2.24, 2.45) is 4.99 Å². The zero-order valence-electron chi connectivity index (χ0n) is 18.1. The molecule has 0 radical (unpaired) electrons. The molecule has 0 aliphatic carbocycles.